The number of rotatable bonds is 7. The minimum atomic E-state index is -4.97. The summed E-state index contributed by atoms with van der Waals surface area (Å²) in [5.41, 5.74) is 2.09. The van der Waals surface area contributed by atoms with Gasteiger partial charge in [-0.2, -0.15) is 26.3 Å². The van der Waals surface area contributed by atoms with Crippen LogP contribution >= 0.6 is 0 Å². The zero-order valence-corrected chi connectivity index (χ0v) is 16.0. The van der Waals surface area contributed by atoms with E-state index >= 15 is 0 Å². The van der Waals surface area contributed by atoms with Crippen LogP contribution in [-0.4, -0.2) is 6.03 Å². The molecule has 0 aromatic heterocycles. The minimum Gasteiger partial charge on any atom is -0.307 e. The number of benzene rings is 2. The molecule has 0 radical (unpaired) electrons. The number of unbranched alkanes of at least 4 members (excludes halogenated alkanes) is 2. The fourth-order valence-corrected chi connectivity index (χ4v) is 2.65. The van der Waals surface area contributed by atoms with E-state index in [1.54, 1.807) is 12.1 Å². The van der Waals surface area contributed by atoms with E-state index in [-0.39, 0.29) is 6.07 Å². The van der Waals surface area contributed by atoms with Crippen LogP contribution in [0.3, 0.4) is 0 Å². The summed E-state index contributed by atoms with van der Waals surface area (Å²) in [6.07, 6.45) is -5.79. The van der Waals surface area contributed by atoms with Gasteiger partial charge < -0.3 is 5.32 Å². The first kappa shape index (κ1) is 23.4. The van der Waals surface area contributed by atoms with E-state index in [1.165, 1.54) is 0 Å². The number of amides is 2. The Morgan fingerprint density at radius 2 is 1.40 bits per heavy atom. The number of carbonyl (C=O) groups is 1. The number of carbonyl (C=O) groups excluding carboxylic acids is 1. The van der Waals surface area contributed by atoms with Gasteiger partial charge in [-0.15, -0.1) is 0 Å². The van der Waals surface area contributed by atoms with Crippen molar-refractivity contribution in [2.45, 2.75) is 45.0 Å². The van der Waals surface area contributed by atoms with Crippen molar-refractivity contribution in [1.82, 2.24) is 5.43 Å². The van der Waals surface area contributed by atoms with Crippen LogP contribution < -0.4 is 16.2 Å². The van der Waals surface area contributed by atoms with Crippen molar-refractivity contribution >= 4 is 17.4 Å². The van der Waals surface area contributed by atoms with E-state index in [1.807, 2.05) is 17.6 Å². The molecule has 3 N–H and O–H groups in total. The molecule has 0 bridgehead atoms. The van der Waals surface area contributed by atoms with Gasteiger partial charge in [0.25, 0.3) is 0 Å². The van der Waals surface area contributed by atoms with Gasteiger partial charge in [-0.1, -0.05) is 31.9 Å². The van der Waals surface area contributed by atoms with Gasteiger partial charge in [-0.3, -0.25) is 10.9 Å². The van der Waals surface area contributed by atoms with Gasteiger partial charge in [0.05, 0.1) is 16.8 Å². The number of halogens is 6. The molecule has 10 heteroatoms. The van der Waals surface area contributed by atoms with Crippen molar-refractivity contribution in [3.8, 4) is 0 Å². The fraction of sp³-hybridized carbons (Fsp3) is 0.350. The number of nitrogens with one attached hydrogen (secondary N) is 3. The Labute approximate surface area is 169 Å². The number of aryl methyl sites for hydroxylation is 1. The molecule has 0 atom stereocenters. The number of hydrogen-bond donors (Lipinski definition) is 3. The van der Waals surface area contributed by atoms with Crippen LogP contribution in [-0.2, 0) is 18.8 Å². The van der Waals surface area contributed by atoms with Crippen LogP contribution in [0.2, 0.25) is 0 Å². The number of alkyl halides is 6. The number of anilines is 2. The van der Waals surface area contributed by atoms with E-state index < -0.39 is 35.2 Å². The quantitative estimate of drug-likeness (QED) is 0.262. The average molecular weight is 433 g/mol. The molecule has 0 saturated carbocycles. The molecular formula is C20H21F6N3O. The predicted molar refractivity (Wildman–Crippen MR) is 102 cm³/mol. The van der Waals surface area contributed by atoms with E-state index in [2.05, 4.69) is 17.7 Å². The Kier molecular flexibility index (Phi) is 7.58. The maximum atomic E-state index is 12.9. The Hall–Kier alpha value is -2.91. The van der Waals surface area contributed by atoms with E-state index in [4.69, 9.17) is 0 Å². The summed E-state index contributed by atoms with van der Waals surface area (Å²) in [7, 11) is 0. The highest BCUT2D eigenvalue weighted by Gasteiger charge is 2.37. The Morgan fingerprint density at radius 1 is 0.833 bits per heavy atom. The molecule has 0 aliphatic rings. The maximum absolute atomic E-state index is 12.9. The summed E-state index contributed by atoms with van der Waals surface area (Å²) >= 11 is 0. The molecular weight excluding hydrogens is 412 g/mol. The Morgan fingerprint density at radius 3 is 1.90 bits per heavy atom. The van der Waals surface area contributed by atoms with Crippen molar-refractivity contribution in [1.29, 1.82) is 0 Å². The Bertz CT molecular complexity index is 815. The largest absolute Gasteiger partial charge is 0.416 e. The monoisotopic (exact) mass is 433 g/mol. The minimum absolute atomic E-state index is 0.00726. The van der Waals surface area contributed by atoms with Crippen molar-refractivity contribution < 1.29 is 31.1 Å². The first-order valence-electron chi connectivity index (χ1n) is 9.20. The molecule has 0 aliphatic heterocycles. The summed E-state index contributed by atoms with van der Waals surface area (Å²) in [5, 5.41) is 2.44. The number of urea groups is 1. The van der Waals surface area contributed by atoms with Gasteiger partial charge in [-0.05, 0) is 48.7 Å². The highest BCUT2D eigenvalue weighted by molar-refractivity contribution is 5.90. The molecule has 30 heavy (non-hydrogen) atoms. The van der Waals surface area contributed by atoms with Crippen molar-refractivity contribution in [2.75, 3.05) is 10.7 Å². The second-order valence-electron chi connectivity index (χ2n) is 6.65. The predicted octanol–water partition coefficient (Wildman–Crippen LogP) is 6.61. The van der Waals surface area contributed by atoms with Crippen molar-refractivity contribution in [2.24, 2.45) is 0 Å². The van der Waals surface area contributed by atoms with Gasteiger partial charge in [0, 0.05) is 5.69 Å². The second kappa shape index (κ2) is 9.73. The molecule has 0 spiro atoms. The fourth-order valence-electron chi connectivity index (χ4n) is 2.65. The zero-order valence-electron chi connectivity index (χ0n) is 16.0. The molecule has 2 rings (SSSR count). The van der Waals surface area contributed by atoms with E-state index in [9.17, 15) is 31.1 Å². The Balaban J connectivity index is 2.00. The van der Waals surface area contributed by atoms with Crippen LogP contribution in [0.25, 0.3) is 0 Å². The lowest BCUT2D eigenvalue weighted by Gasteiger charge is -2.16. The molecule has 164 valence electrons. The lowest BCUT2D eigenvalue weighted by Crippen LogP contribution is -2.33. The van der Waals surface area contributed by atoms with Gasteiger partial charge in [0.2, 0.25) is 0 Å². The topological polar surface area (TPSA) is 53.2 Å². The van der Waals surface area contributed by atoms with E-state index in [0.29, 0.717) is 17.8 Å². The summed E-state index contributed by atoms with van der Waals surface area (Å²) in [5.74, 6) is 0. The molecule has 0 aliphatic carbocycles. The lowest BCUT2D eigenvalue weighted by atomic mass is 10.1. The third-order valence-corrected chi connectivity index (χ3v) is 4.19. The highest BCUT2D eigenvalue weighted by Crippen LogP contribution is 2.37. The van der Waals surface area contributed by atoms with Crippen LogP contribution in [0.15, 0.2) is 42.5 Å². The van der Waals surface area contributed by atoms with Crippen molar-refractivity contribution in [3.63, 3.8) is 0 Å². The SMILES string of the molecule is CCCCCc1ccc(NC(=O)NNc2cc(C(F)(F)F)cc(C(F)(F)F)c2)cc1. The van der Waals surface area contributed by atoms with Gasteiger partial charge in [0.15, 0.2) is 0 Å². The molecule has 2 aromatic carbocycles. The molecule has 0 fully saturated rings. The number of hydrazine groups is 1. The first-order chi connectivity index (χ1) is 14.0. The number of hydrogen-bond acceptors (Lipinski definition) is 2. The average Bonchev–Trinajstić information content (AvgIpc) is 2.66. The zero-order chi connectivity index (χ0) is 22.4. The van der Waals surface area contributed by atoms with Gasteiger partial charge >= 0.3 is 18.4 Å². The molecule has 2 amide bonds. The standard InChI is InChI=1S/C20H21F6N3O/c1-2-3-4-5-13-6-8-16(9-7-13)27-18(30)29-28-17-11-14(19(21,22)23)10-15(12-17)20(24,25)26/h6-12,28H,2-5H2,1H3,(H2,27,29,30). The van der Waals surface area contributed by atoms with Crippen LogP contribution in [0.5, 0.6) is 0 Å². The summed E-state index contributed by atoms with van der Waals surface area (Å²) in [6.45, 7) is 2.10. The molecule has 0 heterocycles. The van der Waals surface area contributed by atoms with Crippen LogP contribution in [0, 0.1) is 0 Å². The molecule has 0 unspecified atom stereocenters. The molecule has 4 nitrogen and oxygen atoms in total. The highest BCUT2D eigenvalue weighted by atomic mass is 19.4. The second-order valence-corrected chi connectivity index (χ2v) is 6.65. The first-order valence-corrected chi connectivity index (χ1v) is 9.20. The summed E-state index contributed by atoms with van der Waals surface area (Å²) in [4.78, 5) is 11.9. The summed E-state index contributed by atoms with van der Waals surface area (Å²) < 4.78 is 77.1. The third kappa shape index (κ3) is 7.16. The van der Waals surface area contributed by atoms with E-state index in [0.717, 1.165) is 31.2 Å². The van der Waals surface area contributed by atoms with Crippen LogP contribution in [0.4, 0.5) is 42.5 Å². The maximum Gasteiger partial charge on any atom is 0.416 e. The van der Waals surface area contributed by atoms with Gasteiger partial charge in [-0.25, -0.2) is 4.79 Å². The molecule has 2 aromatic rings. The normalized spacial score (nSPS) is 11.8. The van der Waals surface area contributed by atoms with Crippen LogP contribution in [0.1, 0.15) is 42.9 Å². The lowest BCUT2D eigenvalue weighted by molar-refractivity contribution is -0.143. The van der Waals surface area contributed by atoms with Gasteiger partial charge in [0.1, 0.15) is 0 Å². The molecule has 0 saturated heterocycles. The smallest absolute Gasteiger partial charge is 0.307 e. The van der Waals surface area contributed by atoms with Crippen molar-refractivity contribution in [3.05, 3.63) is 59.2 Å². The summed E-state index contributed by atoms with van der Waals surface area (Å²) in [6, 6.07) is 7.09. The third-order valence-electron chi connectivity index (χ3n) is 4.19.